The van der Waals surface area contributed by atoms with Crippen LogP contribution in [0.2, 0.25) is 0 Å². The number of nitrogens with one attached hydrogen (secondary N) is 1. The first kappa shape index (κ1) is 32.3. The molecule has 0 bridgehead atoms. The number of ether oxygens (including phenoxy) is 3. The summed E-state index contributed by atoms with van der Waals surface area (Å²) in [5.41, 5.74) is 3.21. The molecule has 0 aliphatic rings. The highest BCUT2D eigenvalue weighted by molar-refractivity contribution is 7.86. The third-order valence-electron chi connectivity index (χ3n) is 5.59. The fourth-order valence-electron chi connectivity index (χ4n) is 3.98. The average Bonchev–Trinajstić information content (AvgIpc) is 2.87. The second-order valence-corrected chi connectivity index (χ2v) is 12.6. The maximum atomic E-state index is 12.4. The number of hydrogen-bond donors (Lipinski definition) is 1. The van der Waals surface area contributed by atoms with Gasteiger partial charge in [0, 0.05) is 12.5 Å². The predicted molar refractivity (Wildman–Crippen MR) is 161 cm³/mol. The Balaban J connectivity index is 2.26. The van der Waals surface area contributed by atoms with Crippen molar-refractivity contribution in [2.24, 2.45) is 0 Å². The van der Waals surface area contributed by atoms with Crippen LogP contribution in [0.5, 0.6) is 28.7 Å². The summed E-state index contributed by atoms with van der Waals surface area (Å²) in [5, 5.41) is 2.80. The molecule has 0 aromatic heterocycles. The van der Waals surface area contributed by atoms with Gasteiger partial charge in [0.15, 0.2) is 17.2 Å². The molecule has 0 aliphatic heterocycles. The van der Waals surface area contributed by atoms with Crippen LogP contribution in [0.3, 0.4) is 0 Å². The molecule has 0 spiro atoms. The van der Waals surface area contributed by atoms with Crippen LogP contribution in [0.4, 0.5) is 5.69 Å². The summed E-state index contributed by atoms with van der Waals surface area (Å²) >= 11 is 0. The second-order valence-electron chi connectivity index (χ2n) is 9.44. The Kier molecular flexibility index (Phi) is 10.1. The number of anilines is 1. The number of allylic oxidation sites excluding steroid dienone is 1. The number of carbonyl (C=O) groups is 1. The molecule has 0 unspecified atom stereocenters. The molecule has 0 atom stereocenters. The Morgan fingerprint density at radius 3 is 1.93 bits per heavy atom. The molecule has 0 saturated carbocycles. The number of methoxy groups -OCH3 is 2. The van der Waals surface area contributed by atoms with Gasteiger partial charge in [-0.25, -0.2) is 0 Å². The van der Waals surface area contributed by atoms with Crippen molar-refractivity contribution in [1.82, 2.24) is 0 Å². The smallest absolute Gasteiger partial charge is 0.306 e. The Bertz CT molecular complexity index is 1710. The lowest BCUT2D eigenvalue weighted by Crippen LogP contribution is -2.11. The quantitative estimate of drug-likeness (QED) is 0.217. The second kappa shape index (κ2) is 13.2. The van der Waals surface area contributed by atoms with E-state index in [0.29, 0.717) is 28.0 Å². The molecular weight excluding hydrogens is 586 g/mol. The molecule has 13 heteroatoms. The van der Waals surface area contributed by atoms with E-state index in [2.05, 4.69) is 5.32 Å². The number of rotatable bonds is 12. The van der Waals surface area contributed by atoms with Gasteiger partial charge in [0.2, 0.25) is 5.91 Å². The predicted octanol–water partition coefficient (Wildman–Crippen LogP) is 5.02. The molecule has 1 N–H and O–H groups in total. The van der Waals surface area contributed by atoms with E-state index in [9.17, 15) is 21.6 Å². The van der Waals surface area contributed by atoms with Crippen LogP contribution < -0.4 is 27.9 Å². The number of benzene rings is 3. The normalized spacial score (nSPS) is 11.3. The van der Waals surface area contributed by atoms with Crippen molar-refractivity contribution >= 4 is 31.8 Å². The van der Waals surface area contributed by atoms with Gasteiger partial charge in [0.05, 0.1) is 38.0 Å². The molecule has 11 nitrogen and oxygen atoms in total. The summed E-state index contributed by atoms with van der Waals surface area (Å²) in [6.07, 6.45) is 3.70. The number of amides is 1. The highest BCUT2D eigenvalue weighted by Crippen LogP contribution is 2.50. The largest absolute Gasteiger partial charge is 0.496 e. The van der Waals surface area contributed by atoms with E-state index in [1.54, 1.807) is 30.3 Å². The van der Waals surface area contributed by atoms with Crippen molar-refractivity contribution in [3.8, 4) is 51.0 Å². The van der Waals surface area contributed by atoms with Gasteiger partial charge in [-0.1, -0.05) is 23.8 Å². The molecule has 226 valence electrons. The van der Waals surface area contributed by atoms with Crippen LogP contribution in [0.15, 0.2) is 60.2 Å². The van der Waals surface area contributed by atoms with Crippen LogP contribution in [0, 0.1) is 0 Å². The van der Waals surface area contributed by atoms with Crippen LogP contribution in [-0.2, 0) is 25.0 Å². The zero-order valence-electron chi connectivity index (χ0n) is 24.3. The van der Waals surface area contributed by atoms with Crippen molar-refractivity contribution < 1.29 is 44.2 Å². The average molecular weight is 620 g/mol. The van der Waals surface area contributed by atoms with Gasteiger partial charge in [-0.2, -0.15) is 16.8 Å². The van der Waals surface area contributed by atoms with E-state index >= 15 is 0 Å². The number of hydrogen-bond acceptors (Lipinski definition) is 10. The van der Waals surface area contributed by atoms with Gasteiger partial charge in [0.1, 0.15) is 18.1 Å². The lowest BCUT2D eigenvalue weighted by atomic mass is 9.95. The van der Waals surface area contributed by atoms with Gasteiger partial charge in [-0.15, -0.1) is 0 Å². The highest BCUT2D eigenvalue weighted by atomic mass is 32.2. The summed E-state index contributed by atoms with van der Waals surface area (Å²) in [5.74, 6) is 0.442. The van der Waals surface area contributed by atoms with E-state index in [4.69, 9.17) is 22.6 Å². The van der Waals surface area contributed by atoms with Crippen molar-refractivity contribution in [1.29, 1.82) is 0 Å². The van der Waals surface area contributed by atoms with Crippen molar-refractivity contribution in [3.63, 3.8) is 0 Å². The zero-order chi connectivity index (χ0) is 31.2. The highest BCUT2D eigenvalue weighted by Gasteiger charge is 2.25. The van der Waals surface area contributed by atoms with E-state index < -0.39 is 26.1 Å². The first-order valence-electron chi connectivity index (χ1n) is 12.5. The summed E-state index contributed by atoms with van der Waals surface area (Å²) in [6, 6.07) is 12.6. The van der Waals surface area contributed by atoms with Crippen molar-refractivity contribution in [2.45, 2.75) is 20.8 Å². The Morgan fingerprint density at radius 1 is 0.786 bits per heavy atom. The lowest BCUT2D eigenvalue weighted by molar-refractivity contribution is -0.114. The molecule has 0 heterocycles. The van der Waals surface area contributed by atoms with E-state index in [0.717, 1.165) is 18.1 Å². The van der Waals surface area contributed by atoms with Gasteiger partial charge in [-0.3, -0.25) is 4.79 Å². The molecule has 0 fully saturated rings. The number of carbonyl (C=O) groups excluding carboxylic acids is 1. The van der Waals surface area contributed by atoms with Crippen LogP contribution in [-0.4, -0.2) is 56.1 Å². The molecule has 1 amide bonds. The minimum absolute atomic E-state index is 0.0579. The monoisotopic (exact) mass is 619 g/mol. The van der Waals surface area contributed by atoms with Gasteiger partial charge in [-0.05, 0) is 61.4 Å². The maximum Gasteiger partial charge on any atom is 0.306 e. The first-order valence-corrected chi connectivity index (χ1v) is 16.1. The van der Waals surface area contributed by atoms with E-state index in [-0.39, 0.29) is 35.3 Å². The topological polar surface area (TPSA) is 144 Å². The third kappa shape index (κ3) is 8.63. The molecule has 0 aliphatic carbocycles. The fraction of sp³-hybridized carbons (Fsp3) is 0.276. The molecular formula is C29H33NO10S2. The Morgan fingerprint density at radius 2 is 1.40 bits per heavy atom. The van der Waals surface area contributed by atoms with Gasteiger partial charge < -0.3 is 27.9 Å². The lowest BCUT2D eigenvalue weighted by Gasteiger charge is -2.22. The first-order chi connectivity index (χ1) is 19.6. The zero-order valence-corrected chi connectivity index (χ0v) is 25.9. The van der Waals surface area contributed by atoms with E-state index in [1.807, 2.05) is 19.9 Å². The van der Waals surface area contributed by atoms with E-state index in [1.165, 1.54) is 39.3 Å². The summed E-state index contributed by atoms with van der Waals surface area (Å²) in [4.78, 5) is 12.4. The minimum Gasteiger partial charge on any atom is -0.496 e. The van der Waals surface area contributed by atoms with Crippen molar-refractivity contribution in [2.75, 3.05) is 38.7 Å². The van der Waals surface area contributed by atoms with Gasteiger partial charge >= 0.3 is 20.2 Å². The summed E-state index contributed by atoms with van der Waals surface area (Å²) in [7, 11) is -4.76. The van der Waals surface area contributed by atoms with Crippen LogP contribution in [0.25, 0.3) is 22.3 Å². The molecule has 0 radical (unpaired) electrons. The van der Waals surface area contributed by atoms with Crippen LogP contribution >= 0.6 is 0 Å². The Hall–Kier alpha value is -4.23. The van der Waals surface area contributed by atoms with Crippen molar-refractivity contribution in [3.05, 3.63) is 60.2 Å². The van der Waals surface area contributed by atoms with Crippen LogP contribution in [0.1, 0.15) is 20.8 Å². The Labute approximate surface area is 246 Å². The standard InChI is InChI=1S/C29H33NO10S2/c1-18(2)14-15-38-24-13-10-21(16-25(24)40-42(7,34)35)27-26(36-4)17-23(29(37-5)28(27)30-19(3)31)20-8-11-22(12-9-20)39-41(6,32)33/h8-14,16-17H,15H2,1-7H3,(H,30,31). The molecule has 3 rings (SSSR count). The molecule has 3 aromatic rings. The molecule has 42 heavy (non-hydrogen) atoms. The fourth-order valence-corrected chi connectivity index (χ4v) is 4.90. The van der Waals surface area contributed by atoms with Gasteiger partial charge in [0.25, 0.3) is 0 Å². The summed E-state index contributed by atoms with van der Waals surface area (Å²) < 4.78 is 74.6. The summed E-state index contributed by atoms with van der Waals surface area (Å²) in [6.45, 7) is 5.34. The minimum atomic E-state index is -3.92. The SMILES string of the molecule is COc1cc(-c2ccc(OS(C)(=O)=O)cc2)c(OC)c(NC(C)=O)c1-c1ccc(OCC=C(C)C)c(OS(C)(=O)=O)c1. The molecule has 3 aromatic carbocycles. The third-order valence-corrected chi connectivity index (χ3v) is 6.56. The maximum absolute atomic E-state index is 12.4. The molecule has 0 saturated heterocycles.